The van der Waals surface area contributed by atoms with Crippen LogP contribution in [0, 0.1) is 0 Å². The first-order valence-corrected chi connectivity index (χ1v) is 7.00. The average Bonchev–Trinajstić information content (AvgIpc) is 2.76. The number of hydrogen-bond donors (Lipinski definition) is 1. The number of nitrogens with one attached hydrogen (secondary N) is 1. The molecule has 1 aliphatic rings. The minimum atomic E-state index is 0.0585. The summed E-state index contributed by atoms with van der Waals surface area (Å²) in [6, 6.07) is 1.73. The highest BCUT2D eigenvalue weighted by atomic mass is 79.9. The quantitative estimate of drug-likeness (QED) is 0.846. The van der Waals surface area contributed by atoms with Crippen molar-refractivity contribution < 1.29 is 4.79 Å². The predicted molar refractivity (Wildman–Crippen MR) is 69.3 cm³/mol. The Bertz CT molecular complexity index is 354. The van der Waals surface area contributed by atoms with E-state index in [0.717, 1.165) is 44.5 Å². The van der Waals surface area contributed by atoms with E-state index in [0.29, 0.717) is 5.69 Å². The molecule has 1 aromatic heterocycles. The number of rotatable bonds is 3. The van der Waals surface area contributed by atoms with Gasteiger partial charge >= 0.3 is 0 Å². The van der Waals surface area contributed by atoms with Crippen LogP contribution in [0.3, 0.4) is 0 Å². The second kappa shape index (κ2) is 6.16. The molecule has 1 amide bonds. The molecule has 0 atom stereocenters. The zero-order valence-corrected chi connectivity index (χ0v) is 11.3. The summed E-state index contributed by atoms with van der Waals surface area (Å²) >= 11 is 3.45. The van der Waals surface area contributed by atoms with Crippen molar-refractivity contribution in [3.63, 3.8) is 0 Å². The van der Waals surface area contributed by atoms with Gasteiger partial charge in [-0.25, -0.2) is 0 Å². The van der Waals surface area contributed by atoms with Crippen LogP contribution in [0.5, 0.6) is 0 Å². The van der Waals surface area contributed by atoms with Crippen molar-refractivity contribution in [2.24, 2.45) is 0 Å². The Labute approximate surface area is 109 Å². The second-order valence-corrected chi connectivity index (χ2v) is 4.94. The fourth-order valence-electron chi connectivity index (χ4n) is 2.06. The lowest BCUT2D eigenvalue weighted by atomic mass is 10.3. The molecule has 17 heavy (non-hydrogen) atoms. The lowest BCUT2D eigenvalue weighted by Crippen LogP contribution is -2.35. The van der Waals surface area contributed by atoms with Gasteiger partial charge in [-0.05, 0) is 19.0 Å². The molecule has 1 saturated heterocycles. The monoisotopic (exact) mass is 300 g/mol. The number of H-pyrrole nitrogens is 1. The Morgan fingerprint density at radius 3 is 3.00 bits per heavy atom. The molecule has 6 heteroatoms. The van der Waals surface area contributed by atoms with Crippen molar-refractivity contribution in [2.75, 3.05) is 38.1 Å². The molecule has 0 unspecified atom stereocenters. The largest absolute Gasteiger partial charge is 0.336 e. The number of carbonyl (C=O) groups is 1. The van der Waals surface area contributed by atoms with Crippen LogP contribution in [0.25, 0.3) is 0 Å². The highest BCUT2D eigenvalue weighted by molar-refractivity contribution is 9.09. The molecule has 0 spiro atoms. The predicted octanol–water partition coefficient (Wildman–Crippen LogP) is 0.953. The number of amides is 1. The minimum absolute atomic E-state index is 0.0585. The van der Waals surface area contributed by atoms with Crippen LogP contribution in [0.2, 0.25) is 0 Å². The maximum absolute atomic E-state index is 12.1. The van der Waals surface area contributed by atoms with E-state index in [1.54, 1.807) is 12.3 Å². The molecule has 0 aliphatic carbocycles. The van der Waals surface area contributed by atoms with Crippen molar-refractivity contribution in [3.05, 3.63) is 18.0 Å². The van der Waals surface area contributed by atoms with Gasteiger partial charge < -0.3 is 9.80 Å². The van der Waals surface area contributed by atoms with Gasteiger partial charge in [0.2, 0.25) is 0 Å². The van der Waals surface area contributed by atoms with Gasteiger partial charge in [-0.15, -0.1) is 0 Å². The van der Waals surface area contributed by atoms with Gasteiger partial charge in [-0.2, -0.15) is 5.10 Å². The van der Waals surface area contributed by atoms with Crippen LogP contribution in [-0.2, 0) is 0 Å². The molecule has 94 valence electrons. The maximum Gasteiger partial charge on any atom is 0.271 e. The van der Waals surface area contributed by atoms with Gasteiger partial charge in [0.1, 0.15) is 5.69 Å². The molecular formula is C11H17BrN4O. The van der Waals surface area contributed by atoms with Crippen LogP contribution < -0.4 is 0 Å². The van der Waals surface area contributed by atoms with E-state index in [9.17, 15) is 4.79 Å². The Balaban J connectivity index is 1.92. The van der Waals surface area contributed by atoms with Gasteiger partial charge in [0.05, 0.1) is 0 Å². The summed E-state index contributed by atoms with van der Waals surface area (Å²) in [5.41, 5.74) is 0.582. The lowest BCUT2D eigenvalue weighted by molar-refractivity contribution is 0.0756. The molecule has 2 rings (SSSR count). The van der Waals surface area contributed by atoms with Gasteiger partial charge in [-0.1, -0.05) is 15.9 Å². The van der Waals surface area contributed by atoms with E-state index < -0.39 is 0 Å². The summed E-state index contributed by atoms with van der Waals surface area (Å²) in [4.78, 5) is 16.4. The molecular weight excluding hydrogens is 284 g/mol. The minimum Gasteiger partial charge on any atom is -0.336 e. The van der Waals surface area contributed by atoms with Gasteiger partial charge in [0.25, 0.3) is 5.91 Å². The van der Waals surface area contributed by atoms with Gasteiger partial charge in [-0.3, -0.25) is 9.89 Å². The molecule has 2 heterocycles. The molecule has 5 nitrogen and oxygen atoms in total. The third-order valence-corrected chi connectivity index (χ3v) is 3.36. The van der Waals surface area contributed by atoms with Crippen LogP contribution in [0.1, 0.15) is 16.9 Å². The number of hydrogen-bond acceptors (Lipinski definition) is 3. The van der Waals surface area contributed by atoms with E-state index in [4.69, 9.17) is 0 Å². The fourth-order valence-corrected chi connectivity index (χ4v) is 2.56. The molecule has 0 radical (unpaired) electrons. The van der Waals surface area contributed by atoms with Crippen LogP contribution >= 0.6 is 15.9 Å². The van der Waals surface area contributed by atoms with Crippen LogP contribution in [0.4, 0.5) is 0 Å². The zero-order chi connectivity index (χ0) is 12.1. The van der Waals surface area contributed by atoms with E-state index in [-0.39, 0.29) is 5.91 Å². The van der Waals surface area contributed by atoms with Crippen LogP contribution in [0.15, 0.2) is 12.3 Å². The summed E-state index contributed by atoms with van der Waals surface area (Å²) in [5, 5.41) is 7.53. The zero-order valence-electron chi connectivity index (χ0n) is 9.73. The van der Waals surface area contributed by atoms with Crippen LogP contribution in [-0.4, -0.2) is 64.0 Å². The van der Waals surface area contributed by atoms with Gasteiger partial charge in [0, 0.05) is 37.7 Å². The highest BCUT2D eigenvalue weighted by Crippen LogP contribution is 2.07. The summed E-state index contributed by atoms with van der Waals surface area (Å²) in [5.74, 6) is 0.0585. The summed E-state index contributed by atoms with van der Waals surface area (Å²) in [6.45, 7) is 4.69. The molecule has 1 aliphatic heterocycles. The summed E-state index contributed by atoms with van der Waals surface area (Å²) in [6.07, 6.45) is 2.65. The van der Waals surface area contributed by atoms with Crippen molar-refractivity contribution in [1.82, 2.24) is 20.0 Å². The maximum atomic E-state index is 12.1. The number of halogens is 1. The number of nitrogens with zero attached hydrogens (tertiary/aromatic N) is 3. The molecule has 0 aromatic carbocycles. The Hall–Kier alpha value is -0.880. The summed E-state index contributed by atoms with van der Waals surface area (Å²) < 4.78 is 0. The SMILES string of the molecule is O=C(c1ccn[nH]1)N1CCCN(CCBr)CC1. The molecule has 0 bridgehead atoms. The van der Waals surface area contributed by atoms with Crippen molar-refractivity contribution in [3.8, 4) is 0 Å². The van der Waals surface area contributed by atoms with Crippen molar-refractivity contribution in [1.29, 1.82) is 0 Å². The topological polar surface area (TPSA) is 52.2 Å². The average molecular weight is 301 g/mol. The third kappa shape index (κ3) is 3.29. The van der Waals surface area contributed by atoms with E-state index in [1.165, 1.54) is 0 Å². The Morgan fingerprint density at radius 1 is 1.41 bits per heavy atom. The van der Waals surface area contributed by atoms with Gasteiger partial charge in [0.15, 0.2) is 0 Å². The molecule has 1 fully saturated rings. The first kappa shape index (κ1) is 12.6. The number of aromatic amines is 1. The summed E-state index contributed by atoms with van der Waals surface area (Å²) in [7, 11) is 0. The Kier molecular flexibility index (Phi) is 4.56. The number of aromatic nitrogens is 2. The standard InChI is InChI=1S/C11H17BrN4O/c12-3-7-15-5-1-6-16(9-8-15)11(17)10-2-4-13-14-10/h2,4H,1,3,5-9H2,(H,13,14). The van der Waals surface area contributed by atoms with Crippen molar-refractivity contribution in [2.45, 2.75) is 6.42 Å². The second-order valence-electron chi connectivity index (χ2n) is 4.15. The first-order chi connectivity index (χ1) is 8.31. The normalized spacial score (nSPS) is 18.1. The molecule has 1 N–H and O–H groups in total. The van der Waals surface area contributed by atoms with Crippen molar-refractivity contribution >= 4 is 21.8 Å². The fraction of sp³-hybridized carbons (Fsp3) is 0.636. The smallest absolute Gasteiger partial charge is 0.271 e. The highest BCUT2D eigenvalue weighted by Gasteiger charge is 2.20. The number of alkyl halides is 1. The molecule has 0 saturated carbocycles. The van der Waals surface area contributed by atoms with E-state index in [1.807, 2.05) is 4.90 Å². The number of carbonyl (C=O) groups excluding carboxylic acids is 1. The third-order valence-electron chi connectivity index (χ3n) is 3.01. The van der Waals surface area contributed by atoms with E-state index in [2.05, 4.69) is 31.0 Å². The Morgan fingerprint density at radius 2 is 2.29 bits per heavy atom. The van der Waals surface area contributed by atoms with E-state index >= 15 is 0 Å². The lowest BCUT2D eigenvalue weighted by Gasteiger charge is -2.20. The first-order valence-electron chi connectivity index (χ1n) is 5.88. The molecule has 1 aromatic rings.